The molecule has 0 radical (unpaired) electrons. The molecule has 2 fully saturated rings. The van der Waals surface area contributed by atoms with Gasteiger partial charge in [-0.25, -0.2) is 4.99 Å². The Morgan fingerprint density at radius 1 is 1.31 bits per heavy atom. The Labute approximate surface area is 157 Å². The van der Waals surface area contributed by atoms with Crippen LogP contribution >= 0.6 is 0 Å². The molecule has 8 nitrogen and oxygen atoms in total. The quantitative estimate of drug-likeness (QED) is 0.486. The molecular weight excluding hydrogens is 354 g/mol. The lowest BCUT2D eigenvalue weighted by Gasteiger charge is -2.51. The number of hydroxylamine groups is 2. The first-order valence-electron chi connectivity index (χ1n) is 9.59. The molecule has 2 rings (SSSR count). The van der Waals surface area contributed by atoms with Gasteiger partial charge >= 0.3 is 0 Å². The maximum absolute atomic E-state index is 10.9. The van der Waals surface area contributed by atoms with Crippen LogP contribution in [-0.4, -0.2) is 75.6 Å². The Kier molecular flexibility index (Phi) is 7.46. The highest BCUT2D eigenvalue weighted by Crippen LogP contribution is 2.33. The van der Waals surface area contributed by atoms with Crippen LogP contribution in [0.2, 0.25) is 18.1 Å². The molecule has 9 heteroatoms. The molecule has 3 atom stereocenters. The number of aliphatic imine (C=N–C) groups is 1. The van der Waals surface area contributed by atoms with Gasteiger partial charge in [-0.1, -0.05) is 20.8 Å². The molecule has 2 N–H and O–H groups in total. The van der Waals surface area contributed by atoms with Crippen LogP contribution < -0.4 is 5.32 Å². The number of methoxy groups -OCH3 is 1. The summed E-state index contributed by atoms with van der Waals surface area (Å²) in [5, 5.41) is 15.2. The van der Waals surface area contributed by atoms with Gasteiger partial charge in [0, 0.05) is 7.11 Å². The fourth-order valence-corrected chi connectivity index (χ4v) is 6.18. The summed E-state index contributed by atoms with van der Waals surface area (Å²) in [6, 6.07) is 2.84. The van der Waals surface area contributed by atoms with Crippen LogP contribution in [0.15, 0.2) is 4.99 Å². The van der Waals surface area contributed by atoms with E-state index in [0.717, 1.165) is 23.2 Å². The average molecular weight is 390 g/mol. The third-order valence-corrected chi connectivity index (χ3v) is 9.95. The lowest BCUT2D eigenvalue weighted by Crippen LogP contribution is -2.72. The van der Waals surface area contributed by atoms with E-state index in [0.29, 0.717) is 25.7 Å². The molecule has 0 spiro atoms. The molecule has 0 aliphatic carbocycles. The lowest BCUT2D eigenvalue weighted by molar-refractivity contribution is -0.325. The van der Waals surface area contributed by atoms with Gasteiger partial charge in [0.25, 0.3) is 0 Å². The maximum Gasteiger partial charge on any atom is 0.221 e. The highest BCUT2D eigenvalue weighted by Gasteiger charge is 2.50. The van der Waals surface area contributed by atoms with Gasteiger partial charge in [0.15, 0.2) is 20.3 Å². The molecular formula is C17H35N3O5Si. The average Bonchev–Trinajstić information content (AvgIpc) is 2.62. The van der Waals surface area contributed by atoms with E-state index in [1.165, 1.54) is 0 Å². The molecule has 0 amide bonds. The number of fused-ring (bicyclic) bond motifs is 1. The molecule has 2 aliphatic rings. The zero-order valence-corrected chi connectivity index (χ0v) is 17.9. The summed E-state index contributed by atoms with van der Waals surface area (Å²) in [7, 11) is -0.340. The van der Waals surface area contributed by atoms with E-state index >= 15 is 0 Å². The van der Waals surface area contributed by atoms with Crippen LogP contribution in [0.5, 0.6) is 0 Å². The van der Waals surface area contributed by atoms with E-state index in [1.807, 2.05) is 13.8 Å². The number of nitrogens with zero attached hydrogens (tertiary/aromatic N) is 2. The number of ether oxygens (including phenoxy) is 3. The fraction of sp³-hybridized carbons (Fsp3) is 0.941. The third kappa shape index (κ3) is 4.76. The van der Waals surface area contributed by atoms with Crippen molar-refractivity contribution in [2.45, 2.75) is 76.9 Å². The summed E-state index contributed by atoms with van der Waals surface area (Å²) in [6.45, 7) is 11.7. The molecule has 2 aliphatic heterocycles. The topological polar surface area (TPSA) is 84.8 Å². The van der Waals surface area contributed by atoms with E-state index in [4.69, 9.17) is 18.6 Å². The Hall–Kier alpha value is -0.713. The first-order chi connectivity index (χ1) is 12.3. The number of rotatable bonds is 8. The molecule has 0 aromatic heterocycles. The van der Waals surface area contributed by atoms with Crippen molar-refractivity contribution < 1.29 is 23.8 Å². The Balaban J connectivity index is 2.28. The smallest absolute Gasteiger partial charge is 0.221 e. The van der Waals surface area contributed by atoms with Gasteiger partial charge in [0.2, 0.25) is 5.96 Å². The van der Waals surface area contributed by atoms with Crippen molar-refractivity contribution in [3.05, 3.63) is 0 Å². The predicted octanol–water partition coefficient (Wildman–Crippen LogP) is 2.15. The summed E-state index contributed by atoms with van der Waals surface area (Å²) < 4.78 is 23.6. The van der Waals surface area contributed by atoms with Crippen molar-refractivity contribution in [1.82, 2.24) is 10.4 Å². The predicted molar refractivity (Wildman–Crippen MR) is 102 cm³/mol. The van der Waals surface area contributed by atoms with E-state index in [9.17, 15) is 5.21 Å². The van der Waals surface area contributed by atoms with E-state index < -0.39 is 20.3 Å². The fourth-order valence-electron chi connectivity index (χ4n) is 3.44. The zero-order valence-electron chi connectivity index (χ0n) is 16.9. The Bertz CT molecular complexity index is 479. The minimum atomic E-state index is -1.97. The molecule has 0 saturated carbocycles. The Morgan fingerprint density at radius 3 is 2.54 bits per heavy atom. The lowest BCUT2D eigenvalue weighted by atomic mass is 10.1. The standard InChI is InChI=1S/C17H35N3O5Si/c1-7-26(8-2,9-3)25-15-14-13(12-23-17(4,5)24-14)19-16(20(15)21)18-10-11-22-6/h13-15,21H,7-12H2,1-6H3,(H,18,19)/t13-,14+,15-/m1/s1. The van der Waals surface area contributed by atoms with Gasteiger partial charge in [-0.2, -0.15) is 5.06 Å². The summed E-state index contributed by atoms with van der Waals surface area (Å²) >= 11 is 0. The maximum atomic E-state index is 10.9. The molecule has 26 heavy (non-hydrogen) atoms. The highest BCUT2D eigenvalue weighted by atomic mass is 28.4. The van der Waals surface area contributed by atoms with Gasteiger partial charge in [-0.15, -0.1) is 0 Å². The molecule has 0 aromatic rings. The molecule has 2 saturated heterocycles. The number of nitrogens with one attached hydrogen (secondary N) is 1. The van der Waals surface area contributed by atoms with E-state index in [1.54, 1.807) is 7.11 Å². The summed E-state index contributed by atoms with van der Waals surface area (Å²) in [5.74, 6) is -0.336. The molecule has 0 unspecified atom stereocenters. The number of hydrogen-bond donors (Lipinski definition) is 2. The summed E-state index contributed by atoms with van der Waals surface area (Å²) in [6.07, 6.45) is -0.945. The summed E-state index contributed by atoms with van der Waals surface area (Å²) in [4.78, 5) is 4.42. The second kappa shape index (κ2) is 8.98. The van der Waals surface area contributed by atoms with Gasteiger partial charge in [-0.3, -0.25) is 5.21 Å². The van der Waals surface area contributed by atoms with Crippen molar-refractivity contribution in [2.75, 3.05) is 26.9 Å². The minimum Gasteiger partial charge on any atom is -0.393 e. The first kappa shape index (κ1) is 21.6. The van der Waals surface area contributed by atoms with Crippen molar-refractivity contribution in [3.8, 4) is 0 Å². The highest BCUT2D eigenvalue weighted by molar-refractivity contribution is 6.73. The second-order valence-electron chi connectivity index (χ2n) is 7.34. The van der Waals surface area contributed by atoms with Crippen LogP contribution in [0.1, 0.15) is 34.6 Å². The number of hydrogen-bond acceptors (Lipinski definition) is 6. The largest absolute Gasteiger partial charge is 0.393 e. The van der Waals surface area contributed by atoms with Crippen molar-refractivity contribution in [1.29, 1.82) is 0 Å². The van der Waals surface area contributed by atoms with Crippen LogP contribution in [0, 0.1) is 0 Å². The van der Waals surface area contributed by atoms with Gasteiger partial charge in [-0.05, 0) is 32.0 Å². The first-order valence-corrected chi connectivity index (χ1v) is 12.1. The van der Waals surface area contributed by atoms with Crippen LogP contribution in [0.3, 0.4) is 0 Å². The normalized spacial score (nSPS) is 30.2. The Morgan fingerprint density at radius 2 is 1.96 bits per heavy atom. The van der Waals surface area contributed by atoms with Crippen molar-refractivity contribution >= 4 is 14.3 Å². The molecule has 152 valence electrons. The SMILES string of the molecule is CC[Si](CC)(CC)O[C@@H]1[C@H]2OC(C)(C)OC[C@H]2NC(=NCCOC)N1O. The van der Waals surface area contributed by atoms with E-state index in [-0.39, 0.29) is 12.1 Å². The molecule has 0 aromatic carbocycles. The van der Waals surface area contributed by atoms with Crippen molar-refractivity contribution in [2.24, 2.45) is 4.99 Å². The van der Waals surface area contributed by atoms with Crippen LogP contribution in [0.25, 0.3) is 0 Å². The third-order valence-electron chi connectivity index (χ3n) is 5.34. The van der Waals surface area contributed by atoms with Crippen LogP contribution in [0.4, 0.5) is 0 Å². The van der Waals surface area contributed by atoms with E-state index in [2.05, 4.69) is 31.1 Å². The van der Waals surface area contributed by atoms with Crippen molar-refractivity contribution in [3.63, 3.8) is 0 Å². The van der Waals surface area contributed by atoms with Gasteiger partial charge in [0.1, 0.15) is 6.10 Å². The number of guanidine groups is 1. The van der Waals surface area contributed by atoms with Gasteiger partial charge < -0.3 is 24.0 Å². The molecule has 2 heterocycles. The summed E-state index contributed by atoms with van der Waals surface area (Å²) in [5.41, 5.74) is 0. The molecule has 0 bridgehead atoms. The minimum absolute atomic E-state index is 0.130. The second-order valence-corrected chi connectivity index (χ2v) is 12.1. The monoisotopic (exact) mass is 389 g/mol. The van der Waals surface area contributed by atoms with Crippen LogP contribution in [-0.2, 0) is 18.6 Å². The zero-order chi connectivity index (χ0) is 19.4. The van der Waals surface area contributed by atoms with Gasteiger partial charge in [0.05, 0.1) is 25.8 Å².